The highest BCUT2D eigenvalue weighted by Crippen LogP contribution is 2.23. The highest BCUT2D eigenvalue weighted by molar-refractivity contribution is 6.33. The molecule has 7 heteroatoms. The number of halogens is 2. The van der Waals surface area contributed by atoms with E-state index < -0.39 is 12.0 Å². The standard InChI is InChI=1S/C17H16Cl2N2O3/c1-24-16(22)12-5-6-14(19)15(10-12)21-17(23)20-8-7-11-3-2-4-13(18)9-11/h2-6,9-10H,7-8H2,1H3,(H2,20,21,23). The first-order valence-corrected chi connectivity index (χ1v) is 7.92. The van der Waals surface area contributed by atoms with E-state index in [0.29, 0.717) is 34.3 Å². The Kier molecular flexibility index (Phi) is 6.46. The molecule has 0 unspecified atom stereocenters. The second-order valence-corrected chi connectivity index (χ2v) is 5.79. The number of carbonyl (C=O) groups is 2. The maximum Gasteiger partial charge on any atom is 0.337 e. The van der Waals surface area contributed by atoms with Crippen LogP contribution in [0.4, 0.5) is 10.5 Å². The smallest absolute Gasteiger partial charge is 0.337 e. The van der Waals surface area contributed by atoms with Crippen LogP contribution in [-0.2, 0) is 11.2 Å². The molecule has 0 spiro atoms. The van der Waals surface area contributed by atoms with Gasteiger partial charge in [-0.25, -0.2) is 9.59 Å². The summed E-state index contributed by atoms with van der Waals surface area (Å²) in [5.41, 5.74) is 1.66. The molecule has 0 aliphatic heterocycles. The summed E-state index contributed by atoms with van der Waals surface area (Å²) in [6.07, 6.45) is 0.643. The van der Waals surface area contributed by atoms with E-state index in [1.807, 2.05) is 18.2 Å². The van der Waals surface area contributed by atoms with Gasteiger partial charge in [-0.15, -0.1) is 0 Å². The number of amides is 2. The molecule has 2 aromatic carbocycles. The van der Waals surface area contributed by atoms with Crippen LogP contribution in [0.5, 0.6) is 0 Å². The lowest BCUT2D eigenvalue weighted by molar-refractivity contribution is 0.0600. The van der Waals surface area contributed by atoms with E-state index in [0.717, 1.165) is 5.56 Å². The monoisotopic (exact) mass is 366 g/mol. The van der Waals surface area contributed by atoms with Crippen molar-refractivity contribution in [3.8, 4) is 0 Å². The number of hydrogen-bond acceptors (Lipinski definition) is 3. The summed E-state index contributed by atoms with van der Waals surface area (Å²) >= 11 is 11.9. The Labute approximate surface area is 149 Å². The van der Waals surface area contributed by atoms with E-state index >= 15 is 0 Å². The van der Waals surface area contributed by atoms with E-state index in [4.69, 9.17) is 23.2 Å². The summed E-state index contributed by atoms with van der Waals surface area (Å²) < 4.78 is 4.64. The van der Waals surface area contributed by atoms with Crippen molar-refractivity contribution in [2.75, 3.05) is 19.0 Å². The van der Waals surface area contributed by atoms with E-state index in [9.17, 15) is 9.59 Å². The number of carbonyl (C=O) groups excluding carboxylic acids is 2. The van der Waals surface area contributed by atoms with Crippen molar-refractivity contribution in [3.05, 3.63) is 63.6 Å². The van der Waals surface area contributed by atoms with Gasteiger partial charge >= 0.3 is 12.0 Å². The predicted octanol–water partition coefficient (Wildman–Crippen LogP) is 4.14. The van der Waals surface area contributed by atoms with Crippen molar-refractivity contribution in [2.45, 2.75) is 6.42 Å². The van der Waals surface area contributed by atoms with Gasteiger partial charge < -0.3 is 15.4 Å². The number of ether oxygens (including phenoxy) is 1. The largest absolute Gasteiger partial charge is 0.465 e. The fourth-order valence-corrected chi connectivity index (χ4v) is 2.42. The molecule has 2 rings (SSSR count). The Balaban J connectivity index is 1.91. The average molecular weight is 367 g/mol. The molecule has 2 aromatic rings. The number of urea groups is 1. The van der Waals surface area contributed by atoms with Crippen LogP contribution < -0.4 is 10.6 Å². The first kappa shape index (κ1) is 18.1. The summed E-state index contributed by atoms with van der Waals surface area (Å²) in [6.45, 7) is 0.431. The van der Waals surface area contributed by atoms with Gasteiger partial charge in [0.15, 0.2) is 0 Å². The van der Waals surface area contributed by atoms with Gasteiger partial charge in [0, 0.05) is 11.6 Å². The maximum absolute atomic E-state index is 11.9. The molecule has 24 heavy (non-hydrogen) atoms. The van der Waals surface area contributed by atoms with E-state index in [-0.39, 0.29) is 0 Å². The van der Waals surface area contributed by atoms with Crippen LogP contribution in [0.25, 0.3) is 0 Å². The second-order valence-electron chi connectivity index (χ2n) is 4.95. The summed E-state index contributed by atoms with van der Waals surface area (Å²) in [6, 6.07) is 11.5. The lowest BCUT2D eigenvalue weighted by Gasteiger charge is -2.10. The third-order valence-electron chi connectivity index (χ3n) is 3.22. The number of esters is 1. The van der Waals surface area contributed by atoms with Crippen LogP contribution in [0.15, 0.2) is 42.5 Å². The van der Waals surface area contributed by atoms with Crippen LogP contribution in [-0.4, -0.2) is 25.7 Å². The van der Waals surface area contributed by atoms with Crippen LogP contribution in [0.3, 0.4) is 0 Å². The molecular weight excluding hydrogens is 351 g/mol. The van der Waals surface area contributed by atoms with Crippen LogP contribution in [0.1, 0.15) is 15.9 Å². The van der Waals surface area contributed by atoms with Gasteiger partial charge in [-0.05, 0) is 42.3 Å². The Morgan fingerprint density at radius 3 is 2.62 bits per heavy atom. The molecule has 0 saturated carbocycles. The summed E-state index contributed by atoms with van der Waals surface area (Å²) in [4.78, 5) is 23.5. The zero-order valence-electron chi connectivity index (χ0n) is 12.9. The predicted molar refractivity (Wildman–Crippen MR) is 95.0 cm³/mol. The topological polar surface area (TPSA) is 67.4 Å². The van der Waals surface area contributed by atoms with Crippen molar-refractivity contribution >= 4 is 40.9 Å². The van der Waals surface area contributed by atoms with Crippen molar-refractivity contribution < 1.29 is 14.3 Å². The Morgan fingerprint density at radius 1 is 1.12 bits per heavy atom. The van der Waals surface area contributed by atoms with E-state index in [1.165, 1.54) is 25.3 Å². The molecule has 0 aliphatic rings. The Bertz CT molecular complexity index is 750. The normalized spacial score (nSPS) is 10.1. The third kappa shape index (κ3) is 5.15. The number of methoxy groups -OCH3 is 1. The minimum absolute atomic E-state index is 0.302. The van der Waals surface area contributed by atoms with Crippen LogP contribution >= 0.6 is 23.2 Å². The van der Waals surface area contributed by atoms with Gasteiger partial charge in [-0.1, -0.05) is 35.3 Å². The van der Waals surface area contributed by atoms with Crippen molar-refractivity contribution in [3.63, 3.8) is 0 Å². The Hall–Kier alpha value is -2.24. The number of hydrogen-bond donors (Lipinski definition) is 2. The molecule has 0 atom stereocenters. The molecule has 0 saturated heterocycles. The lowest BCUT2D eigenvalue weighted by Crippen LogP contribution is -2.30. The molecular formula is C17H16Cl2N2O3. The lowest BCUT2D eigenvalue weighted by atomic mass is 10.1. The van der Waals surface area contributed by atoms with Gasteiger partial charge in [0.05, 0.1) is 23.4 Å². The van der Waals surface area contributed by atoms with Crippen molar-refractivity contribution in [1.82, 2.24) is 5.32 Å². The zero-order chi connectivity index (χ0) is 17.5. The van der Waals surface area contributed by atoms with Gasteiger partial charge in [-0.2, -0.15) is 0 Å². The molecule has 2 N–H and O–H groups in total. The fraction of sp³-hybridized carbons (Fsp3) is 0.176. The summed E-state index contributed by atoms with van der Waals surface area (Å²) in [5.74, 6) is -0.504. The minimum atomic E-state index is -0.504. The quantitative estimate of drug-likeness (QED) is 0.781. The molecule has 0 heterocycles. The number of benzene rings is 2. The molecule has 126 valence electrons. The number of nitrogens with one attached hydrogen (secondary N) is 2. The van der Waals surface area contributed by atoms with Crippen LogP contribution in [0, 0.1) is 0 Å². The molecule has 5 nitrogen and oxygen atoms in total. The molecule has 0 fully saturated rings. The molecule has 0 radical (unpaired) electrons. The molecule has 0 aliphatic carbocycles. The van der Waals surface area contributed by atoms with E-state index in [1.54, 1.807) is 6.07 Å². The Morgan fingerprint density at radius 2 is 1.92 bits per heavy atom. The minimum Gasteiger partial charge on any atom is -0.465 e. The van der Waals surface area contributed by atoms with Crippen molar-refractivity contribution in [1.29, 1.82) is 0 Å². The van der Waals surface area contributed by atoms with Gasteiger partial charge in [-0.3, -0.25) is 0 Å². The summed E-state index contributed by atoms with van der Waals surface area (Å²) in [7, 11) is 1.28. The number of rotatable bonds is 5. The third-order valence-corrected chi connectivity index (χ3v) is 3.79. The second kappa shape index (κ2) is 8.57. The zero-order valence-corrected chi connectivity index (χ0v) is 14.4. The molecule has 2 amide bonds. The van der Waals surface area contributed by atoms with E-state index in [2.05, 4.69) is 15.4 Å². The SMILES string of the molecule is COC(=O)c1ccc(Cl)c(NC(=O)NCCc2cccc(Cl)c2)c1. The molecule has 0 bridgehead atoms. The first-order chi connectivity index (χ1) is 11.5. The maximum atomic E-state index is 11.9. The highest BCUT2D eigenvalue weighted by atomic mass is 35.5. The summed E-state index contributed by atoms with van der Waals surface area (Å²) in [5, 5.41) is 6.31. The molecule has 0 aromatic heterocycles. The highest BCUT2D eigenvalue weighted by Gasteiger charge is 2.11. The average Bonchev–Trinajstić information content (AvgIpc) is 2.56. The van der Waals surface area contributed by atoms with Gasteiger partial charge in [0.2, 0.25) is 0 Å². The first-order valence-electron chi connectivity index (χ1n) is 7.17. The van der Waals surface area contributed by atoms with Crippen molar-refractivity contribution in [2.24, 2.45) is 0 Å². The number of anilines is 1. The van der Waals surface area contributed by atoms with Gasteiger partial charge in [0.1, 0.15) is 0 Å². The van der Waals surface area contributed by atoms with Gasteiger partial charge in [0.25, 0.3) is 0 Å². The fourth-order valence-electron chi connectivity index (χ4n) is 2.05. The van der Waals surface area contributed by atoms with Crippen LogP contribution in [0.2, 0.25) is 10.0 Å².